The molecule has 2 aromatic rings. The highest BCUT2D eigenvalue weighted by Crippen LogP contribution is 2.22. The number of aryl methyl sites for hydroxylation is 2. The number of benzene rings is 1. The molecule has 1 aliphatic carbocycles. The van der Waals surface area contributed by atoms with Gasteiger partial charge in [0.25, 0.3) is 11.5 Å². The molecule has 3 rings (SSSR count). The zero-order valence-electron chi connectivity index (χ0n) is 16.6. The zero-order chi connectivity index (χ0) is 21.7. The van der Waals surface area contributed by atoms with Crippen LogP contribution in [-0.2, 0) is 22.6 Å². The first kappa shape index (κ1) is 21.8. The summed E-state index contributed by atoms with van der Waals surface area (Å²) in [5, 5.41) is 3.67. The number of rotatable bonds is 6. The number of ether oxygens (including phenoxy) is 1. The molecule has 0 radical (unpaired) electrons. The monoisotopic (exact) mass is 433 g/mol. The SMILES string of the molecule is COc1ccc(S(=N)(=O)/C=C/CNC(=O)c2cc3c([nH]c2=O)CCCCC3)cc1F. The van der Waals surface area contributed by atoms with E-state index >= 15 is 0 Å². The minimum absolute atomic E-state index is 0.00355. The van der Waals surface area contributed by atoms with E-state index < -0.39 is 27.0 Å². The molecule has 30 heavy (non-hydrogen) atoms. The van der Waals surface area contributed by atoms with E-state index in [0.717, 1.165) is 54.8 Å². The van der Waals surface area contributed by atoms with E-state index in [4.69, 9.17) is 9.52 Å². The van der Waals surface area contributed by atoms with Crippen LogP contribution in [0.1, 0.15) is 40.9 Å². The second-order valence-corrected chi connectivity index (χ2v) is 9.00. The van der Waals surface area contributed by atoms with Crippen molar-refractivity contribution in [1.82, 2.24) is 10.3 Å². The lowest BCUT2D eigenvalue weighted by atomic mass is 10.1. The number of H-pyrrole nitrogens is 1. The molecule has 1 aromatic carbocycles. The molecule has 1 amide bonds. The number of aromatic nitrogens is 1. The van der Waals surface area contributed by atoms with Gasteiger partial charge in [-0.15, -0.1) is 0 Å². The summed E-state index contributed by atoms with van der Waals surface area (Å²) in [6.45, 7) is -0.0239. The molecule has 0 bridgehead atoms. The van der Waals surface area contributed by atoms with E-state index in [1.54, 1.807) is 6.07 Å². The van der Waals surface area contributed by atoms with Gasteiger partial charge >= 0.3 is 0 Å². The van der Waals surface area contributed by atoms with Crippen molar-refractivity contribution in [2.75, 3.05) is 13.7 Å². The molecule has 0 saturated heterocycles. The Morgan fingerprint density at radius 1 is 1.30 bits per heavy atom. The predicted molar refractivity (Wildman–Crippen MR) is 112 cm³/mol. The van der Waals surface area contributed by atoms with Gasteiger partial charge in [-0.25, -0.2) is 13.4 Å². The van der Waals surface area contributed by atoms with Crippen molar-refractivity contribution < 1.29 is 18.1 Å². The summed E-state index contributed by atoms with van der Waals surface area (Å²) in [6, 6.07) is 5.30. The van der Waals surface area contributed by atoms with Crippen molar-refractivity contribution in [2.24, 2.45) is 0 Å². The van der Waals surface area contributed by atoms with Gasteiger partial charge in [-0.2, -0.15) is 0 Å². The molecule has 1 unspecified atom stereocenters. The van der Waals surface area contributed by atoms with Gasteiger partial charge in [0.15, 0.2) is 11.6 Å². The number of aromatic amines is 1. The van der Waals surface area contributed by atoms with Crippen molar-refractivity contribution in [1.29, 1.82) is 4.78 Å². The van der Waals surface area contributed by atoms with Crippen molar-refractivity contribution in [2.45, 2.75) is 37.0 Å². The number of fused-ring (bicyclic) bond motifs is 1. The Balaban J connectivity index is 1.66. The van der Waals surface area contributed by atoms with Gasteiger partial charge in [0.2, 0.25) is 0 Å². The van der Waals surface area contributed by atoms with Crippen LogP contribution in [-0.4, -0.2) is 28.8 Å². The van der Waals surface area contributed by atoms with E-state index in [-0.39, 0.29) is 22.8 Å². The first-order chi connectivity index (χ1) is 14.3. The molecular weight excluding hydrogens is 409 g/mol. The second-order valence-electron chi connectivity index (χ2n) is 7.06. The molecule has 1 aliphatic rings. The van der Waals surface area contributed by atoms with Crippen LogP contribution in [0.15, 0.2) is 45.4 Å². The Morgan fingerprint density at radius 3 is 2.80 bits per heavy atom. The minimum Gasteiger partial charge on any atom is -0.494 e. The van der Waals surface area contributed by atoms with Gasteiger partial charge in [-0.05, 0) is 55.5 Å². The average molecular weight is 434 g/mol. The lowest BCUT2D eigenvalue weighted by molar-refractivity contribution is 0.0956. The molecule has 160 valence electrons. The van der Waals surface area contributed by atoms with Crippen LogP contribution in [0.2, 0.25) is 0 Å². The normalized spacial score (nSPS) is 15.8. The van der Waals surface area contributed by atoms with Crippen LogP contribution < -0.4 is 15.6 Å². The molecule has 0 aliphatic heterocycles. The summed E-state index contributed by atoms with van der Waals surface area (Å²) in [6.07, 6.45) is 6.11. The highest BCUT2D eigenvalue weighted by molar-refractivity contribution is 7.95. The second kappa shape index (κ2) is 9.25. The van der Waals surface area contributed by atoms with Crippen LogP contribution in [0.3, 0.4) is 0 Å². The summed E-state index contributed by atoms with van der Waals surface area (Å²) >= 11 is 0. The maximum Gasteiger partial charge on any atom is 0.261 e. The fourth-order valence-corrected chi connectivity index (χ4v) is 4.44. The third kappa shape index (κ3) is 4.96. The van der Waals surface area contributed by atoms with Crippen LogP contribution in [0.5, 0.6) is 5.75 Å². The number of methoxy groups -OCH3 is 1. The maximum atomic E-state index is 13.8. The molecule has 7 nitrogen and oxygen atoms in total. The van der Waals surface area contributed by atoms with E-state index in [1.165, 1.54) is 25.3 Å². The third-order valence-electron chi connectivity index (χ3n) is 4.97. The van der Waals surface area contributed by atoms with E-state index in [1.807, 2.05) is 0 Å². The standard InChI is InChI=1S/C21H24FN3O4S/c1-29-19-9-8-15(13-17(19)22)30(23,28)11-5-10-24-20(26)16-12-14-6-3-2-4-7-18(14)25-21(16)27/h5,8-9,11-13,23H,2-4,6-7,10H2,1H3,(H,24,26)(H,25,27)/b11-5+. The van der Waals surface area contributed by atoms with Crippen LogP contribution in [0, 0.1) is 10.6 Å². The number of carbonyl (C=O) groups is 1. The Kier molecular flexibility index (Phi) is 6.71. The first-order valence-corrected chi connectivity index (χ1v) is 11.3. The van der Waals surface area contributed by atoms with E-state index in [2.05, 4.69) is 10.3 Å². The topological polar surface area (TPSA) is 112 Å². The summed E-state index contributed by atoms with van der Waals surface area (Å²) in [5.41, 5.74) is 1.49. The first-order valence-electron chi connectivity index (χ1n) is 9.64. The van der Waals surface area contributed by atoms with E-state index in [0.29, 0.717) is 0 Å². The molecule has 1 aromatic heterocycles. The van der Waals surface area contributed by atoms with Crippen molar-refractivity contribution in [3.05, 3.63) is 68.7 Å². The quantitative estimate of drug-likeness (QED) is 0.608. The number of halogens is 1. The fraction of sp³-hybridized carbons (Fsp3) is 0.333. The number of carbonyl (C=O) groups excluding carboxylic acids is 1. The number of hydrogen-bond acceptors (Lipinski definition) is 5. The number of amides is 1. The number of hydrogen-bond donors (Lipinski definition) is 3. The van der Waals surface area contributed by atoms with Crippen LogP contribution >= 0.6 is 0 Å². The minimum atomic E-state index is -3.39. The molecule has 9 heteroatoms. The van der Waals surface area contributed by atoms with Crippen molar-refractivity contribution in [3.63, 3.8) is 0 Å². The van der Waals surface area contributed by atoms with Crippen molar-refractivity contribution in [3.8, 4) is 5.75 Å². The summed E-state index contributed by atoms with van der Waals surface area (Å²) < 4.78 is 39.1. The average Bonchev–Trinajstić information content (AvgIpc) is 2.95. The van der Waals surface area contributed by atoms with Crippen LogP contribution in [0.4, 0.5) is 4.39 Å². The molecule has 0 fully saturated rings. The van der Waals surface area contributed by atoms with Gasteiger partial charge < -0.3 is 15.0 Å². The Labute approximate surface area is 174 Å². The van der Waals surface area contributed by atoms with Gasteiger partial charge in [0.05, 0.1) is 21.7 Å². The summed E-state index contributed by atoms with van der Waals surface area (Å²) in [4.78, 5) is 27.5. The summed E-state index contributed by atoms with van der Waals surface area (Å²) in [5.74, 6) is -1.25. The van der Waals surface area contributed by atoms with Gasteiger partial charge in [-0.1, -0.05) is 12.5 Å². The summed E-state index contributed by atoms with van der Waals surface area (Å²) in [7, 11) is -2.08. The van der Waals surface area contributed by atoms with Gasteiger partial charge in [-0.3, -0.25) is 9.59 Å². The molecule has 0 spiro atoms. The number of pyridine rings is 1. The zero-order valence-corrected chi connectivity index (χ0v) is 17.4. The molecule has 0 saturated carbocycles. The predicted octanol–water partition coefficient (Wildman–Crippen LogP) is 3.14. The highest BCUT2D eigenvalue weighted by Gasteiger charge is 2.16. The lowest BCUT2D eigenvalue weighted by Crippen LogP contribution is -2.30. The number of nitrogens with one attached hydrogen (secondary N) is 3. The smallest absolute Gasteiger partial charge is 0.261 e. The maximum absolute atomic E-state index is 13.8. The van der Waals surface area contributed by atoms with Gasteiger partial charge in [0, 0.05) is 17.6 Å². The fourth-order valence-electron chi connectivity index (χ4n) is 3.37. The van der Waals surface area contributed by atoms with Crippen LogP contribution in [0.25, 0.3) is 0 Å². The Bertz CT molecular complexity index is 1140. The highest BCUT2D eigenvalue weighted by atomic mass is 32.2. The third-order valence-corrected chi connectivity index (χ3v) is 6.50. The van der Waals surface area contributed by atoms with Crippen molar-refractivity contribution >= 4 is 15.6 Å². The molecule has 1 atom stereocenters. The van der Waals surface area contributed by atoms with E-state index in [9.17, 15) is 18.2 Å². The molecule has 3 N–H and O–H groups in total. The Morgan fingerprint density at radius 2 is 2.07 bits per heavy atom. The van der Waals surface area contributed by atoms with Gasteiger partial charge in [0.1, 0.15) is 5.56 Å². The Hall–Kier alpha value is -2.94. The molecule has 1 heterocycles. The largest absolute Gasteiger partial charge is 0.494 e. The lowest BCUT2D eigenvalue weighted by Gasteiger charge is -2.08. The molecular formula is C21H24FN3O4S.